The molecular formula is C21H26N2O5S. The van der Waals surface area contributed by atoms with Crippen LogP contribution in [-0.4, -0.2) is 52.1 Å². The van der Waals surface area contributed by atoms with Gasteiger partial charge in [-0.1, -0.05) is 13.0 Å². The van der Waals surface area contributed by atoms with E-state index in [1.54, 1.807) is 51.2 Å². The third kappa shape index (κ3) is 4.93. The maximum atomic E-state index is 12.6. The van der Waals surface area contributed by atoms with Gasteiger partial charge in [0, 0.05) is 17.5 Å². The molecular weight excluding hydrogens is 392 g/mol. The van der Waals surface area contributed by atoms with E-state index in [9.17, 15) is 14.4 Å². The van der Waals surface area contributed by atoms with Crippen LogP contribution in [0.1, 0.15) is 44.5 Å². The van der Waals surface area contributed by atoms with Gasteiger partial charge in [0.2, 0.25) is 0 Å². The molecule has 29 heavy (non-hydrogen) atoms. The maximum Gasteiger partial charge on any atom is 0.336 e. The summed E-state index contributed by atoms with van der Waals surface area (Å²) in [6, 6.07) is 6.27. The number of benzene rings is 1. The topological polar surface area (TPSA) is 84.9 Å². The largest absolute Gasteiger partial charge is 0.494 e. The molecule has 7 nitrogen and oxygen atoms in total. The van der Waals surface area contributed by atoms with Crippen LogP contribution in [0.25, 0.3) is 0 Å². The summed E-state index contributed by atoms with van der Waals surface area (Å²) >= 11 is 1.44. The molecule has 1 N–H and O–H groups in total. The van der Waals surface area contributed by atoms with Gasteiger partial charge in [-0.3, -0.25) is 9.59 Å². The number of fused-ring (bicyclic) bond motifs is 1. The number of ether oxygens (including phenoxy) is 2. The molecule has 1 aromatic carbocycles. The van der Waals surface area contributed by atoms with Crippen LogP contribution in [0.5, 0.6) is 5.75 Å². The van der Waals surface area contributed by atoms with Gasteiger partial charge in [-0.25, -0.2) is 4.79 Å². The summed E-state index contributed by atoms with van der Waals surface area (Å²) < 4.78 is 10.9. The van der Waals surface area contributed by atoms with Gasteiger partial charge in [-0.15, -0.1) is 11.8 Å². The van der Waals surface area contributed by atoms with E-state index in [2.05, 4.69) is 5.32 Å². The zero-order valence-corrected chi connectivity index (χ0v) is 17.9. The zero-order valence-electron chi connectivity index (χ0n) is 17.1. The number of thioether (sulfide) groups is 1. The number of nitrogens with zero attached hydrogens (tertiary/aromatic N) is 1. The Hall–Kier alpha value is -2.48. The molecule has 0 bridgehead atoms. The van der Waals surface area contributed by atoms with Crippen molar-refractivity contribution in [3.05, 3.63) is 41.6 Å². The van der Waals surface area contributed by atoms with Crippen molar-refractivity contribution in [3.8, 4) is 5.75 Å². The molecule has 0 spiro atoms. The van der Waals surface area contributed by atoms with E-state index >= 15 is 0 Å². The average molecular weight is 419 g/mol. The molecule has 0 radical (unpaired) electrons. The highest BCUT2D eigenvalue weighted by molar-refractivity contribution is 8.00. The molecule has 2 aliphatic rings. The fraction of sp³-hybridized carbons (Fsp3) is 0.476. The SMILES string of the molecule is CCCOc1cccc(C(=O)NC2C(=O)N3C=C(C(=O)OC(C)(C)C)CS[C@H]23)c1. The summed E-state index contributed by atoms with van der Waals surface area (Å²) in [5.41, 5.74) is 0.292. The molecule has 2 aliphatic heterocycles. The molecule has 1 fully saturated rings. The number of rotatable bonds is 6. The Morgan fingerprint density at radius 1 is 1.31 bits per heavy atom. The Balaban J connectivity index is 1.62. The summed E-state index contributed by atoms with van der Waals surface area (Å²) in [4.78, 5) is 38.8. The molecule has 1 saturated heterocycles. The maximum absolute atomic E-state index is 12.6. The van der Waals surface area contributed by atoms with E-state index in [0.29, 0.717) is 29.2 Å². The van der Waals surface area contributed by atoms with Gasteiger partial charge < -0.3 is 19.7 Å². The molecule has 1 unspecified atom stereocenters. The van der Waals surface area contributed by atoms with Crippen LogP contribution >= 0.6 is 11.8 Å². The van der Waals surface area contributed by atoms with Gasteiger partial charge in [0.1, 0.15) is 22.8 Å². The van der Waals surface area contributed by atoms with Crippen LogP contribution in [0.3, 0.4) is 0 Å². The normalized spacial score (nSPS) is 20.9. The van der Waals surface area contributed by atoms with Gasteiger partial charge in [0.15, 0.2) is 0 Å². The van der Waals surface area contributed by atoms with E-state index in [-0.39, 0.29) is 17.2 Å². The number of amides is 2. The molecule has 2 atom stereocenters. The van der Waals surface area contributed by atoms with Crippen LogP contribution < -0.4 is 10.1 Å². The predicted molar refractivity (Wildman–Crippen MR) is 111 cm³/mol. The Kier molecular flexibility index (Phi) is 6.21. The highest BCUT2D eigenvalue weighted by atomic mass is 32.2. The highest BCUT2D eigenvalue weighted by Gasteiger charge is 2.50. The number of carbonyl (C=O) groups excluding carboxylic acids is 3. The Bertz CT molecular complexity index is 846. The van der Waals surface area contributed by atoms with Crippen molar-refractivity contribution >= 4 is 29.5 Å². The first-order chi connectivity index (χ1) is 13.7. The lowest BCUT2D eigenvalue weighted by molar-refractivity contribution is -0.150. The predicted octanol–water partition coefficient (Wildman–Crippen LogP) is 2.71. The Morgan fingerprint density at radius 3 is 2.76 bits per heavy atom. The van der Waals surface area contributed by atoms with Crippen LogP contribution in [0.15, 0.2) is 36.0 Å². The van der Waals surface area contributed by atoms with Crippen molar-refractivity contribution in [1.82, 2.24) is 10.2 Å². The highest BCUT2D eigenvalue weighted by Crippen LogP contribution is 2.36. The average Bonchev–Trinajstić information content (AvgIpc) is 2.68. The monoisotopic (exact) mass is 418 g/mol. The smallest absolute Gasteiger partial charge is 0.336 e. The Morgan fingerprint density at radius 2 is 2.07 bits per heavy atom. The van der Waals surface area contributed by atoms with E-state index in [1.165, 1.54) is 16.7 Å². The number of esters is 1. The molecule has 8 heteroatoms. The first-order valence-corrected chi connectivity index (χ1v) is 10.7. The molecule has 0 saturated carbocycles. The van der Waals surface area contributed by atoms with Gasteiger partial charge in [0.25, 0.3) is 11.8 Å². The number of hydrogen-bond donors (Lipinski definition) is 1. The standard InChI is InChI=1S/C21H26N2O5S/c1-5-9-27-15-8-6-7-13(10-15)17(24)22-16-18(25)23-11-14(12-29-19(16)23)20(26)28-21(2,3)4/h6-8,10-11,16,19H,5,9,12H2,1-4H3,(H,22,24)/t16?,19-/m1/s1. The van der Waals surface area contributed by atoms with Crippen molar-refractivity contribution in [2.45, 2.75) is 51.1 Å². The Labute approximate surface area is 174 Å². The fourth-order valence-corrected chi connectivity index (χ4v) is 4.19. The van der Waals surface area contributed by atoms with Crippen molar-refractivity contribution in [2.75, 3.05) is 12.4 Å². The number of nitrogens with one attached hydrogen (secondary N) is 1. The van der Waals surface area contributed by atoms with Gasteiger partial charge in [-0.2, -0.15) is 0 Å². The van der Waals surface area contributed by atoms with Gasteiger partial charge >= 0.3 is 5.97 Å². The summed E-state index contributed by atoms with van der Waals surface area (Å²) in [6.45, 7) is 7.98. The van der Waals surface area contributed by atoms with E-state index in [0.717, 1.165) is 6.42 Å². The second kappa shape index (κ2) is 8.49. The fourth-order valence-electron chi connectivity index (χ4n) is 2.94. The van der Waals surface area contributed by atoms with Crippen LogP contribution in [0, 0.1) is 0 Å². The summed E-state index contributed by atoms with van der Waals surface area (Å²) in [7, 11) is 0. The van der Waals surface area contributed by atoms with Crippen LogP contribution in [0.2, 0.25) is 0 Å². The second-order valence-corrected chi connectivity index (χ2v) is 9.04. The summed E-state index contributed by atoms with van der Waals surface area (Å²) in [5, 5.41) is 2.57. The van der Waals surface area contributed by atoms with Gasteiger partial charge in [-0.05, 0) is 45.4 Å². The number of carbonyl (C=O) groups is 3. The molecule has 2 heterocycles. The van der Waals surface area contributed by atoms with Crippen LogP contribution in [0.4, 0.5) is 0 Å². The minimum absolute atomic E-state index is 0.225. The minimum atomic E-state index is -0.621. The van der Waals surface area contributed by atoms with E-state index < -0.39 is 17.6 Å². The molecule has 3 rings (SSSR count). The lowest BCUT2D eigenvalue weighted by Gasteiger charge is -2.47. The molecule has 0 aliphatic carbocycles. The lowest BCUT2D eigenvalue weighted by Crippen LogP contribution is -2.68. The second-order valence-electron chi connectivity index (χ2n) is 7.93. The molecule has 2 amide bonds. The third-order valence-corrected chi connectivity index (χ3v) is 5.62. The lowest BCUT2D eigenvalue weighted by atomic mass is 10.1. The van der Waals surface area contributed by atoms with E-state index in [4.69, 9.17) is 9.47 Å². The number of β-lactam (4-membered cyclic amide) rings is 1. The minimum Gasteiger partial charge on any atom is -0.494 e. The number of hydrogen-bond acceptors (Lipinski definition) is 6. The first kappa shape index (κ1) is 21.2. The van der Waals surface area contributed by atoms with Crippen molar-refractivity contribution < 1.29 is 23.9 Å². The molecule has 0 aromatic heterocycles. The summed E-state index contributed by atoms with van der Waals surface area (Å²) in [6.07, 6.45) is 2.42. The zero-order chi connectivity index (χ0) is 21.2. The molecule has 156 valence electrons. The van der Waals surface area contributed by atoms with Crippen LogP contribution in [-0.2, 0) is 14.3 Å². The van der Waals surface area contributed by atoms with E-state index in [1.807, 2.05) is 6.92 Å². The third-order valence-electron chi connectivity index (χ3n) is 4.30. The van der Waals surface area contributed by atoms with Gasteiger partial charge in [0.05, 0.1) is 12.2 Å². The van der Waals surface area contributed by atoms with Crippen molar-refractivity contribution in [3.63, 3.8) is 0 Å². The van der Waals surface area contributed by atoms with Crippen molar-refractivity contribution in [2.24, 2.45) is 0 Å². The first-order valence-electron chi connectivity index (χ1n) is 9.61. The summed E-state index contributed by atoms with van der Waals surface area (Å²) in [5.74, 6) is 0.0592. The van der Waals surface area contributed by atoms with Crippen molar-refractivity contribution in [1.29, 1.82) is 0 Å². The quantitative estimate of drug-likeness (QED) is 0.565. The molecule has 1 aromatic rings.